The van der Waals surface area contributed by atoms with Gasteiger partial charge in [0.25, 0.3) is 0 Å². The fourth-order valence-corrected chi connectivity index (χ4v) is 6.44. The van der Waals surface area contributed by atoms with Crippen LogP contribution in [0.1, 0.15) is 39.5 Å². The highest BCUT2D eigenvalue weighted by molar-refractivity contribution is 6.21. The smallest absolute Gasteiger partial charge is 0.161 e. The Morgan fingerprint density at radius 2 is 2.29 bits per heavy atom. The van der Waals surface area contributed by atoms with E-state index in [0.29, 0.717) is 18.8 Å². The number of nitrogens with zero attached hydrogens (tertiary/aromatic N) is 1. The third-order valence-corrected chi connectivity index (χ3v) is 7.24. The third-order valence-electron chi connectivity index (χ3n) is 6.69. The van der Waals surface area contributed by atoms with Gasteiger partial charge in [-0.05, 0) is 37.7 Å². The van der Waals surface area contributed by atoms with Crippen molar-refractivity contribution in [3.05, 3.63) is 12.2 Å². The summed E-state index contributed by atoms with van der Waals surface area (Å²) in [5.74, 6) is 0.642. The summed E-state index contributed by atoms with van der Waals surface area (Å²) in [5, 5.41) is 8.95. The molecular formula is C17H20ClNO2. The second kappa shape index (κ2) is 3.91. The standard InChI is InChI=1S/C17H20ClNO2/c1-15(5-3-7-19)11(20)4-6-17-8-10-12(18)13(14(15)17)21-16(10,2)9-17/h4,6,10,12-14H,3,5,8-9H2,1-2H3/t10?,12-,13?,14?,15+,16?,17?/m0/s1. The average molecular weight is 306 g/mol. The maximum atomic E-state index is 12.6. The Morgan fingerprint density at radius 3 is 2.95 bits per heavy atom. The molecule has 4 bridgehead atoms. The highest BCUT2D eigenvalue weighted by Gasteiger charge is 2.74. The number of ketones is 1. The van der Waals surface area contributed by atoms with Crippen LogP contribution in [0.5, 0.6) is 0 Å². The van der Waals surface area contributed by atoms with E-state index in [9.17, 15) is 4.79 Å². The number of hydrogen-bond donors (Lipinski definition) is 0. The Labute approximate surface area is 130 Å². The summed E-state index contributed by atoms with van der Waals surface area (Å²) in [5.41, 5.74) is -0.598. The van der Waals surface area contributed by atoms with Gasteiger partial charge in [-0.2, -0.15) is 5.26 Å². The maximum absolute atomic E-state index is 12.6. The van der Waals surface area contributed by atoms with Gasteiger partial charge in [-0.25, -0.2) is 0 Å². The lowest BCUT2D eigenvalue weighted by atomic mass is 9.51. The van der Waals surface area contributed by atoms with Gasteiger partial charge in [-0.3, -0.25) is 4.79 Å². The molecule has 0 N–H and O–H groups in total. The quantitative estimate of drug-likeness (QED) is 0.736. The molecule has 2 saturated carbocycles. The lowest BCUT2D eigenvalue weighted by molar-refractivity contribution is -0.168. The van der Waals surface area contributed by atoms with Gasteiger partial charge < -0.3 is 4.74 Å². The average Bonchev–Trinajstić information content (AvgIpc) is 2.77. The topological polar surface area (TPSA) is 50.1 Å². The first-order valence-corrected chi connectivity index (χ1v) is 8.22. The Kier molecular flexibility index (Phi) is 2.57. The number of hydrogen-bond acceptors (Lipinski definition) is 3. The van der Waals surface area contributed by atoms with Crippen molar-refractivity contribution in [1.29, 1.82) is 5.26 Å². The van der Waals surface area contributed by atoms with Crippen LogP contribution < -0.4 is 0 Å². The number of allylic oxidation sites excluding steroid dienone is 2. The summed E-state index contributed by atoms with van der Waals surface area (Å²) >= 11 is 6.69. The molecule has 0 aromatic carbocycles. The SMILES string of the molecule is CC12CC34C=CC(=O)[C@@](C)(CCC#N)C3C(O1)[C@@H](Cl)C2C4. The molecule has 7 atom stereocenters. The number of rotatable bonds is 2. The molecule has 0 aromatic heterocycles. The number of ether oxygens (including phenoxy) is 1. The number of nitriles is 1. The van der Waals surface area contributed by atoms with E-state index in [1.54, 1.807) is 6.08 Å². The van der Waals surface area contributed by atoms with Gasteiger partial charge in [0, 0.05) is 23.7 Å². The van der Waals surface area contributed by atoms with Crippen LogP contribution >= 0.6 is 11.6 Å². The minimum Gasteiger partial charge on any atom is -0.370 e. The van der Waals surface area contributed by atoms with E-state index >= 15 is 0 Å². The molecule has 5 aliphatic rings. The van der Waals surface area contributed by atoms with Crippen LogP contribution in [0.15, 0.2) is 12.2 Å². The van der Waals surface area contributed by atoms with Crippen LogP contribution in [0.2, 0.25) is 0 Å². The Bertz CT molecular complexity index is 596. The molecule has 112 valence electrons. The fourth-order valence-electron chi connectivity index (χ4n) is 5.89. The van der Waals surface area contributed by atoms with Crippen molar-refractivity contribution in [3.8, 4) is 6.07 Å². The van der Waals surface area contributed by atoms with Crippen molar-refractivity contribution in [2.45, 2.75) is 56.6 Å². The molecule has 4 heteroatoms. The fraction of sp³-hybridized carbons (Fsp3) is 0.765. The van der Waals surface area contributed by atoms with E-state index in [1.807, 2.05) is 6.92 Å². The van der Waals surface area contributed by atoms with E-state index in [1.165, 1.54) is 0 Å². The van der Waals surface area contributed by atoms with Gasteiger partial charge in [0.15, 0.2) is 5.78 Å². The monoisotopic (exact) mass is 305 g/mol. The predicted octanol–water partition coefficient (Wildman–Crippen LogP) is 3.23. The first-order valence-electron chi connectivity index (χ1n) is 7.79. The normalized spacial score (nSPS) is 56.6. The summed E-state index contributed by atoms with van der Waals surface area (Å²) in [6.45, 7) is 4.19. The molecule has 5 unspecified atom stereocenters. The van der Waals surface area contributed by atoms with Crippen LogP contribution in [0.25, 0.3) is 0 Å². The Morgan fingerprint density at radius 1 is 1.52 bits per heavy atom. The van der Waals surface area contributed by atoms with Crippen LogP contribution in [0.3, 0.4) is 0 Å². The molecule has 0 radical (unpaired) electrons. The van der Waals surface area contributed by atoms with E-state index in [-0.39, 0.29) is 34.2 Å². The van der Waals surface area contributed by atoms with E-state index in [4.69, 9.17) is 21.6 Å². The van der Waals surface area contributed by atoms with E-state index < -0.39 is 5.41 Å². The third kappa shape index (κ3) is 1.46. The van der Waals surface area contributed by atoms with Gasteiger partial charge in [-0.15, -0.1) is 11.6 Å². The lowest BCUT2D eigenvalue weighted by Crippen LogP contribution is -2.58. The van der Waals surface area contributed by atoms with E-state index in [2.05, 4.69) is 19.1 Å². The molecule has 2 heterocycles. The van der Waals surface area contributed by atoms with Gasteiger partial charge >= 0.3 is 0 Å². The molecule has 0 amide bonds. The van der Waals surface area contributed by atoms with Crippen molar-refractivity contribution in [3.63, 3.8) is 0 Å². The van der Waals surface area contributed by atoms with Crippen molar-refractivity contribution in [2.24, 2.45) is 22.7 Å². The summed E-state index contributed by atoms with van der Waals surface area (Å²) < 4.78 is 6.34. The molecule has 4 fully saturated rings. The summed E-state index contributed by atoms with van der Waals surface area (Å²) in [6.07, 6.45) is 6.85. The summed E-state index contributed by atoms with van der Waals surface area (Å²) in [4.78, 5) is 12.6. The zero-order valence-corrected chi connectivity index (χ0v) is 13.2. The number of carbonyl (C=O) groups is 1. The van der Waals surface area contributed by atoms with Crippen molar-refractivity contribution in [2.75, 3.05) is 0 Å². The molecular weight excluding hydrogens is 286 g/mol. The first-order chi connectivity index (χ1) is 9.86. The lowest BCUT2D eigenvalue weighted by Gasteiger charge is -2.55. The summed E-state index contributed by atoms with van der Waals surface area (Å²) in [7, 11) is 0. The van der Waals surface area contributed by atoms with E-state index in [0.717, 1.165) is 12.8 Å². The molecule has 3 nitrogen and oxygen atoms in total. The van der Waals surface area contributed by atoms with Crippen LogP contribution in [-0.4, -0.2) is 22.9 Å². The highest BCUT2D eigenvalue weighted by Crippen LogP contribution is 2.72. The van der Waals surface area contributed by atoms with Gasteiger partial charge in [0.1, 0.15) is 0 Å². The molecule has 0 aromatic rings. The van der Waals surface area contributed by atoms with Crippen molar-refractivity contribution >= 4 is 17.4 Å². The minimum atomic E-state index is -0.515. The number of alkyl halides is 1. The number of carbonyl (C=O) groups excluding carboxylic acids is 1. The van der Waals surface area contributed by atoms with Crippen molar-refractivity contribution in [1.82, 2.24) is 0 Å². The first kappa shape index (κ1) is 13.8. The molecule has 3 aliphatic carbocycles. The van der Waals surface area contributed by atoms with Crippen molar-refractivity contribution < 1.29 is 9.53 Å². The molecule has 5 rings (SSSR count). The zero-order valence-electron chi connectivity index (χ0n) is 12.4. The Balaban J connectivity index is 1.83. The maximum Gasteiger partial charge on any atom is 0.161 e. The molecule has 1 spiro atoms. The van der Waals surface area contributed by atoms with Crippen LogP contribution in [0.4, 0.5) is 0 Å². The zero-order chi connectivity index (χ0) is 15.0. The predicted molar refractivity (Wildman–Crippen MR) is 78.7 cm³/mol. The largest absolute Gasteiger partial charge is 0.370 e. The minimum absolute atomic E-state index is 0.00339. The van der Waals surface area contributed by atoms with Gasteiger partial charge in [0.05, 0.1) is 23.2 Å². The van der Waals surface area contributed by atoms with Gasteiger partial charge in [0.2, 0.25) is 0 Å². The molecule has 21 heavy (non-hydrogen) atoms. The molecule has 2 aliphatic heterocycles. The second-order valence-corrected chi connectivity index (χ2v) is 8.31. The summed E-state index contributed by atoms with van der Waals surface area (Å²) in [6, 6.07) is 2.19. The van der Waals surface area contributed by atoms with Gasteiger partial charge in [-0.1, -0.05) is 13.0 Å². The van der Waals surface area contributed by atoms with Crippen LogP contribution in [-0.2, 0) is 9.53 Å². The Hall–Kier alpha value is -0.850. The molecule has 2 saturated heterocycles. The number of halogens is 1. The highest BCUT2D eigenvalue weighted by atomic mass is 35.5. The second-order valence-electron chi connectivity index (χ2n) is 7.81. The van der Waals surface area contributed by atoms with Crippen LogP contribution in [0, 0.1) is 34.0 Å².